The van der Waals surface area contributed by atoms with E-state index in [0.29, 0.717) is 17.6 Å². The predicted octanol–water partition coefficient (Wildman–Crippen LogP) is 0.605. The first-order valence-electron chi connectivity index (χ1n) is 7.09. The summed E-state index contributed by atoms with van der Waals surface area (Å²) in [5.41, 5.74) is 6.86. The third kappa shape index (κ3) is 3.08. The molecular weight excluding hydrogens is 268 g/mol. The summed E-state index contributed by atoms with van der Waals surface area (Å²) < 4.78 is 1.81. The molecule has 1 aliphatic heterocycles. The molecule has 0 atom stereocenters. The Bertz CT molecular complexity index is 632. The molecule has 7 nitrogen and oxygen atoms in total. The van der Waals surface area contributed by atoms with Gasteiger partial charge in [-0.05, 0) is 32.0 Å². The fraction of sp³-hybridized carbons (Fsp3) is 0.429. The quantitative estimate of drug-likeness (QED) is 0.799. The zero-order chi connectivity index (χ0) is 14.7. The van der Waals surface area contributed by atoms with Crippen molar-refractivity contribution in [2.24, 2.45) is 0 Å². The van der Waals surface area contributed by atoms with Gasteiger partial charge in [0.25, 0.3) is 0 Å². The van der Waals surface area contributed by atoms with Gasteiger partial charge in [0.1, 0.15) is 11.5 Å². The van der Waals surface area contributed by atoms with Crippen LogP contribution < -0.4 is 11.1 Å². The van der Waals surface area contributed by atoms with Gasteiger partial charge in [-0.1, -0.05) is 11.3 Å². The van der Waals surface area contributed by atoms with Crippen LogP contribution in [-0.4, -0.2) is 38.9 Å². The summed E-state index contributed by atoms with van der Waals surface area (Å²) in [6.45, 7) is 1.94. The molecule has 3 N–H and O–H groups in total. The van der Waals surface area contributed by atoms with Gasteiger partial charge in [0.15, 0.2) is 5.78 Å². The molecule has 2 aromatic rings. The Morgan fingerprint density at radius 1 is 1.43 bits per heavy atom. The number of aromatic nitrogens is 4. The lowest BCUT2D eigenvalue weighted by Gasteiger charge is -2.22. The largest absolute Gasteiger partial charge is 0.383 e. The Morgan fingerprint density at radius 3 is 3.00 bits per heavy atom. The van der Waals surface area contributed by atoms with E-state index < -0.39 is 0 Å². The lowest BCUT2D eigenvalue weighted by atomic mass is 10.1. The maximum atomic E-state index is 12.3. The van der Waals surface area contributed by atoms with Crippen LogP contribution in [0.1, 0.15) is 34.9 Å². The number of carbonyl (C=O) groups excluding carboxylic acids is 1. The van der Waals surface area contributed by atoms with E-state index in [1.165, 1.54) is 0 Å². The molecular formula is C14H18N6O. The minimum Gasteiger partial charge on any atom is -0.383 e. The molecule has 0 spiro atoms. The van der Waals surface area contributed by atoms with Crippen molar-refractivity contribution in [3.63, 3.8) is 0 Å². The summed E-state index contributed by atoms with van der Waals surface area (Å²) in [5, 5.41) is 11.4. The summed E-state index contributed by atoms with van der Waals surface area (Å²) in [6, 6.07) is 3.89. The number of Topliss-reactive ketones (excluding diaryl/α,β-unsaturated/α-hetero) is 1. The molecule has 110 valence electrons. The SMILES string of the molecule is Nc1ncccc1CC(=O)c1cn(C2CCNCC2)nn1. The molecule has 0 aromatic carbocycles. The summed E-state index contributed by atoms with van der Waals surface area (Å²) in [7, 11) is 0. The smallest absolute Gasteiger partial charge is 0.189 e. The van der Waals surface area contributed by atoms with Crippen LogP contribution in [0.2, 0.25) is 0 Å². The number of anilines is 1. The van der Waals surface area contributed by atoms with Gasteiger partial charge in [0, 0.05) is 18.2 Å². The Balaban J connectivity index is 1.71. The van der Waals surface area contributed by atoms with Crippen LogP contribution in [0.25, 0.3) is 0 Å². The van der Waals surface area contributed by atoms with Crippen molar-refractivity contribution in [3.8, 4) is 0 Å². The first-order valence-corrected chi connectivity index (χ1v) is 7.09. The molecule has 1 saturated heterocycles. The number of ketones is 1. The molecule has 0 radical (unpaired) electrons. The number of nitrogens with one attached hydrogen (secondary N) is 1. The summed E-state index contributed by atoms with van der Waals surface area (Å²) in [4.78, 5) is 16.2. The van der Waals surface area contributed by atoms with Crippen molar-refractivity contribution in [2.45, 2.75) is 25.3 Å². The highest BCUT2D eigenvalue weighted by atomic mass is 16.1. The average molecular weight is 286 g/mol. The monoisotopic (exact) mass is 286 g/mol. The van der Waals surface area contributed by atoms with Gasteiger partial charge in [0.2, 0.25) is 0 Å². The minimum absolute atomic E-state index is 0.0881. The standard InChI is InChI=1S/C14H18N6O/c15-14-10(2-1-5-17-14)8-13(21)12-9-20(19-18-12)11-3-6-16-7-4-11/h1-2,5,9,11,16H,3-4,6-8H2,(H2,15,17). The van der Waals surface area contributed by atoms with E-state index in [2.05, 4.69) is 20.6 Å². The number of carbonyl (C=O) groups is 1. The number of nitrogen functional groups attached to an aromatic ring is 1. The molecule has 2 aromatic heterocycles. The predicted molar refractivity (Wildman–Crippen MR) is 77.8 cm³/mol. The van der Waals surface area contributed by atoms with Crippen molar-refractivity contribution >= 4 is 11.6 Å². The first-order chi connectivity index (χ1) is 10.2. The van der Waals surface area contributed by atoms with Crippen LogP contribution in [0.4, 0.5) is 5.82 Å². The maximum Gasteiger partial charge on any atom is 0.189 e. The lowest BCUT2D eigenvalue weighted by Crippen LogP contribution is -2.29. The van der Waals surface area contributed by atoms with Crippen LogP contribution in [-0.2, 0) is 6.42 Å². The summed E-state index contributed by atoms with van der Waals surface area (Å²) in [6.07, 6.45) is 5.56. The van der Waals surface area contributed by atoms with Crippen molar-refractivity contribution in [1.82, 2.24) is 25.3 Å². The molecule has 0 saturated carbocycles. The van der Waals surface area contributed by atoms with E-state index in [1.54, 1.807) is 29.2 Å². The van der Waals surface area contributed by atoms with Gasteiger partial charge in [-0.25, -0.2) is 9.67 Å². The molecule has 3 heterocycles. The van der Waals surface area contributed by atoms with Crippen molar-refractivity contribution in [2.75, 3.05) is 18.8 Å². The molecule has 0 bridgehead atoms. The fourth-order valence-corrected chi connectivity index (χ4v) is 2.52. The highest BCUT2D eigenvalue weighted by Crippen LogP contribution is 2.18. The molecule has 0 aliphatic carbocycles. The highest BCUT2D eigenvalue weighted by molar-refractivity contribution is 5.95. The minimum atomic E-state index is -0.0881. The second-order valence-corrected chi connectivity index (χ2v) is 5.21. The molecule has 1 aliphatic rings. The number of piperidine rings is 1. The zero-order valence-electron chi connectivity index (χ0n) is 11.7. The van der Waals surface area contributed by atoms with Crippen LogP contribution in [0.3, 0.4) is 0 Å². The van der Waals surface area contributed by atoms with Crippen LogP contribution in [0, 0.1) is 0 Å². The number of rotatable bonds is 4. The Hall–Kier alpha value is -2.28. The average Bonchev–Trinajstić information content (AvgIpc) is 3.00. The van der Waals surface area contributed by atoms with Gasteiger partial charge in [0.05, 0.1) is 12.2 Å². The second kappa shape index (κ2) is 6.01. The Kier molecular flexibility index (Phi) is 3.92. The summed E-state index contributed by atoms with van der Waals surface area (Å²) in [5.74, 6) is 0.298. The topological polar surface area (TPSA) is 98.7 Å². The number of nitrogens with two attached hydrogens (primary N) is 1. The number of pyridine rings is 1. The zero-order valence-corrected chi connectivity index (χ0v) is 11.7. The first kappa shape index (κ1) is 13.7. The third-order valence-corrected chi connectivity index (χ3v) is 3.76. The van der Waals surface area contributed by atoms with Crippen LogP contribution in [0.5, 0.6) is 0 Å². The van der Waals surface area contributed by atoms with Crippen molar-refractivity contribution < 1.29 is 4.79 Å². The number of hydrogen-bond donors (Lipinski definition) is 2. The molecule has 3 rings (SSSR count). The fourth-order valence-electron chi connectivity index (χ4n) is 2.52. The van der Waals surface area contributed by atoms with Crippen molar-refractivity contribution in [3.05, 3.63) is 35.8 Å². The van der Waals surface area contributed by atoms with E-state index in [9.17, 15) is 4.79 Å². The number of nitrogens with zero attached hydrogens (tertiary/aromatic N) is 4. The van der Waals surface area contributed by atoms with Gasteiger partial charge >= 0.3 is 0 Å². The number of hydrogen-bond acceptors (Lipinski definition) is 6. The molecule has 0 amide bonds. The van der Waals surface area contributed by atoms with E-state index in [4.69, 9.17) is 5.73 Å². The van der Waals surface area contributed by atoms with Gasteiger partial charge < -0.3 is 11.1 Å². The van der Waals surface area contributed by atoms with Crippen molar-refractivity contribution in [1.29, 1.82) is 0 Å². The van der Waals surface area contributed by atoms with Crippen LogP contribution in [0.15, 0.2) is 24.5 Å². The Morgan fingerprint density at radius 2 is 2.24 bits per heavy atom. The lowest BCUT2D eigenvalue weighted by molar-refractivity contribution is 0.0988. The molecule has 1 fully saturated rings. The van der Waals surface area contributed by atoms with Gasteiger partial charge in [-0.2, -0.15) is 0 Å². The van der Waals surface area contributed by atoms with E-state index >= 15 is 0 Å². The van der Waals surface area contributed by atoms with Crippen LogP contribution >= 0.6 is 0 Å². The Labute approximate surface area is 122 Å². The van der Waals surface area contributed by atoms with Gasteiger partial charge in [-0.3, -0.25) is 4.79 Å². The van der Waals surface area contributed by atoms with Gasteiger partial charge in [-0.15, -0.1) is 5.10 Å². The summed E-state index contributed by atoms with van der Waals surface area (Å²) >= 11 is 0. The normalized spacial score (nSPS) is 16.0. The van der Waals surface area contributed by atoms with E-state index in [1.807, 2.05) is 0 Å². The maximum absolute atomic E-state index is 12.3. The third-order valence-electron chi connectivity index (χ3n) is 3.76. The molecule has 7 heteroatoms. The van der Waals surface area contributed by atoms with E-state index in [0.717, 1.165) is 31.5 Å². The molecule has 0 unspecified atom stereocenters. The van der Waals surface area contributed by atoms with E-state index in [-0.39, 0.29) is 12.2 Å². The highest BCUT2D eigenvalue weighted by Gasteiger charge is 2.19. The molecule has 21 heavy (non-hydrogen) atoms. The second-order valence-electron chi connectivity index (χ2n) is 5.21.